The first-order valence-corrected chi connectivity index (χ1v) is 6.68. The van der Waals surface area contributed by atoms with Gasteiger partial charge >= 0.3 is 0 Å². The van der Waals surface area contributed by atoms with Crippen molar-refractivity contribution in [2.45, 2.75) is 6.42 Å². The lowest BCUT2D eigenvalue weighted by atomic mass is 10.3. The third-order valence-corrected chi connectivity index (χ3v) is 3.40. The smallest absolute Gasteiger partial charge is 0.271 e. The summed E-state index contributed by atoms with van der Waals surface area (Å²) in [4.78, 5) is 33.2. The minimum absolute atomic E-state index is 0.00470. The normalized spacial score (nSPS) is 11.3. The van der Waals surface area contributed by atoms with E-state index in [2.05, 4.69) is 29.9 Å². The molecule has 0 radical (unpaired) electrons. The number of aromatic amines is 2. The van der Waals surface area contributed by atoms with Crippen LogP contribution in [0.15, 0.2) is 24.5 Å². The number of hydrogen-bond donors (Lipinski definition) is 3. The van der Waals surface area contributed by atoms with Gasteiger partial charge in [-0.2, -0.15) is 0 Å². The standard InChI is InChI=1S/C13H10N8O2/c14-12-11-13(16-5-15-11)20-10(19-12)4-9-17-7-2-1-6(21(22)23)3-8(7)18-9/h1-3,5H,4H2,(H,17,18)(H3,14,15,16,19,20). The van der Waals surface area contributed by atoms with Crippen LogP contribution in [0.5, 0.6) is 0 Å². The molecule has 0 amide bonds. The molecule has 0 saturated heterocycles. The van der Waals surface area contributed by atoms with Crippen molar-refractivity contribution in [3.63, 3.8) is 0 Å². The molecule has 0 fully saturated rings. The fraction of sp³-hybridized carbons (Fsp3) is 0.0769. The Bertz CT molecular complexity index is 1050. The first-order chi connectivity index (χ1) is 11.1. The minimum Gasteiger partial charge on any atom is -0.382 e. The number of nitrogens with one attached hydrogen (secondary N) is 2. The van der Waals surface area contributed by atoms with Crippen molar-refractivity contribution >= 4 is 33.7 Å². The Morgan fingerprint density at radius 1 is 1.26 bits per heavy atom. The van der Waals surface area contributed by atoms with E-state index in [1.54, 1.807) is 6.07 Å². The highest BCUT2D eigenvalue weighted by Gasteiger charge is 2.12. The number of nitrogens with zero attached hydrogens (tertiary/aromatic N) is 5. The topological polar surface area (TPSA) is 152 Å². The van der Waals surface area contributed by atoms with E-state index in [4.69, 9.17) is 5.73 Å². The lowest BCUT2D eigenvalue weighted by Gasteiger charge is -1.99. The molecule has 0 atom stereocenters. The summed E-state index contributed by atoms with van der Waals surface area (Å²) < 4.78 is 0. The lowest BCUT2D eigenvalue weighted by molar-refractivity contribution is -0.384. The second kappa shape index (κ2) is 4.73. The van der Waals surface area contributed by atoms with Gasteiger partial charge in [-0.25, -0.2) is 19.9 Å². The fourth-order valence-electron chi connectivity index (χ4n) is 2.38. The van der Waals surface area contributed by atoms with Gasteiger partial charge in [0.25, 0.3) is 5.69 Å². The molecule has 0 unspecified atom stereocenters. The molecule has 0 aliphatic rings. The molecule has 0 aliphatic carbocycles. The number of nitrogen functional groups attached to an aromatic ring is 1. The highest BCUT2D eigenvalue weighted by molar-refractivity contribution is 5.81. The van der Waals surface area contributed by atoms with E-state index in [9.17, 15) is 10.1 Å². The van der Waals surface area contributed by atoms with Crippen molar-refractivity contribution in [3.8, 4) is 0 Å². The molecule has 3 heterocycles. The number of anilines is 1. The molecule has 1 aromatic carbocycles. The van der Waals surface area contributed by atoms with Crippen LogP contribution in [-0.4, -0.2) is 34.8 Å². The first-order valence-electron chi connectivity index (χ1n) is 6.68. The molecule has 4 N–H and O–H groups in total. The molecule has 4 rings (SSSR count). The summed E-state index contributed by atoms with van der Waals surface area (Å²) in [5.41, 5.74) is 8.14. The van der Waals surface area contributed by atoms with Crippen LogP contribution >= 0.6 is 0 Å². The minimum atomic E-state index is -0.455. The molecule has 0 bridgehead atoms. The molecule has 4 aromatic rings. The monoisotopic (exact) mass is 310 g/mol. The van der Waals surface area contributed by atoms with Crippen LogP contribution in [0.2, 0.25) is 0 Å². The van der Waals surface area contributed by atoms with Crippen LogP contribution in [0.1, 0.15) is 11.6 Å². The van der Waals surface area contributed by atoms with Gasteiger partial charge in [-0.15, -0.1) is 0 Å². The van der Waals surface area contributed by atoms with Crippen LogP contribution in [-0.2, 0) is 6.42 Å². The summed E-state index contributed by atoms with van der Waals surface area (Å²) in [6.07, 6.45) is 1.82. The van der Waals surface area contributed by atoms with E-state index in [1.165, 1.54) is 18.5 Å². The number of nitrogens with two attached hydrogens (primary N) is 1. The summed E-state index contributed by atoms with van der Waals surface area (Å²) in [6.45, 7) is 0. The molecule has 0 aliphatic heterocycles. The number of imidazole rings is 2. The highest BCUT2D eigenvalue weighted by atomic mass is 16.6. The summed E-state index contributed by atoms with van der Waals surface area (Å²) in [6, 6.07) is 4.47. The largest absolute Gasteiger partial charge is 0.382 e. The van der Waals surface area contributed by atoms with E-state index >= 15 is 0 Å². The van der Waals surface area contributed by atoms with E-state index in [1.807, 2.05) is 0 Å². The molecular weight excluding hydrogens is 300 g/mol. The second-order valence-corrected chi connectivity index (χ2v) is 4.94. The van der Waals surface area contributed by atoms with Crippen molar-refractivity contribution in [1.82, 2.24) is 29.9 Å². The van der Waals surface area contributed by atoms with E-state index < -0.39 is 4.92 Å². The summed E-state index contributed by atoms with van der Waals surface area (Å²) in [5.74, 6) is 1.37. The van der Waals surface area contributed by atoms with Crippen LogP contribution in [0, 0.1) is 10.1 Å². The quantitative estimate of drug-likeness (QED) is 0.381. The van der Waals surface area contributed by atoms with Gasteiger partial charge < -0.3 is 15.7 Å². The number of nitro benzene ring substituents is 1. The van der Waals surface area contributed by atoms with Crippen molar-refractivity contribution in [3.05, 3.63) is 46.3 Å². The third kappa shape index (κ3) is 2.21. The molecule has 10 nitrogen and oxygen atoms in total. The second-order valence-electron chi connectivity index (χ2n) is 4.94. The average molecular weight is 310 g/mol. The van der Waals surface area contributed by atoms with Crippen LogP contribution < -0.4 is 5.73 Å². The van der Waals surface area contributed by atoms with Crippen molar-refractivity contribution in [1.29, 1.82) is 0 Å². The van der Waals surface area contributed by atoms with Gasteiger partial charge in [0.1, 0.15) is 17.2 Å². The maximum atomic E-state index is 10.8. The van der Waals surface area contributed by atoms with E-state index in [0.717, 1.165) is 0 Å². The third-order valence-electron chi connectivity index (χ3n) is 3.40. The number of nitro groups is 1. The number of non-ortho nitro benzene ring substituents is 1. The maximum Gasteiger partial charge on any atom is 0.271 e. The molecular formula is C13H10N8O2. The number of fused-ring (bicyclic) bond motifs is 2. The van der Waals surface area contributed by atoms with Gasteiger partial charge in [-0.05, 0) is 6.07 Å². The molecule has 0 saturated carbocycles. The Labute approximate surface area is 128 Å². The predicted octanol–water partition coefficient (Wildman–Crippen LogP) is 1.31. The summed E-state index contributed by atoms with van der Waals surface area (Å²) >= 11 is 0. The number of H-pyrrole nitrogens is 2. The number of hydrogen-bond acceptors (Lipinski definition) is 7. The Kier molecular flexibility index (Phi) is 2.70. The van der Waals surface area contributed by atoms with Crippen LogP contribution in [0.3, 0.4) is 0 Å². The summed E-state index contributed by atoms with van der Waals surface area (Å²) in [5, 5.41) is 10.8. The Balaban J connectivity index is 1.72. The van der Waals surface area contributed by atoms with E-state index in [-0.39, 0.29) is 11.5 Å². The van der Waals surface area contributed by atoms with Gasteiger partial charge in [0, 0.05) is 12.1 Å². The van der Waals surface area contributed by atoms with Gasteiger partial charge in [0.15, 0.2) is 11.5 Å². The zero-order valence-electron chi connectivity index (χ0n) is 11.6. The fourth-order valence-corrected chi connectivity index (χ4v) is 2.38. The average Bonchev–Trinajstić information content (AvgIpc) is 3.12. The molecule has 114 valence electrons. The highest BCUT2D eigenvalue weighted by Crippen LogP contribution is 2.20. The molecule has 0 spiro atoms. The molecule has 23 heavy (non-hydrogen) atoms. The zero-order chi connectivity index (χ0) is 16.0. The van der Waals surface area contributed by atoms with Gasteiger partial charge in [0.05, 0.1) is 28.7 Å². The SMILES string of the molecule is Nc1nc(Cc2nc3cc([N+](=O)[O-])ccc3[nH]2)nc2[nH]cnc12. The zero-order valence-corrected chi connectivity index (χ0v) is 11.6. The van der Waals surface area contributed by atoms with Crippen molar-refractivity contribution in [2.24, 2.45) is 0 Å². The van der Waals surface area contributed by atoms with Gasteiger partial charge in [0.2, 0.25) is 0 Å². The first kappa shape index (κ1) is 13.1. The van der Waals surface area contributed by atoms with Crippen LogP contribution in [0.4, 0.5) is 11.5 Å². The number of benzene rings is 1. The van der Waals surface area contributed by atoms with Gasteiger partial charge in [-0.1, -0.05) is 0 Å². The lowest BCUT2D eigenvalue weighted by Crippen LogP contribution is -2.02. The molecule has 3 aromatic heterocycles. The number of rotatable bonds is 3. The van der Waals surface area contributed by atoms with Crippen molar-refractivity contribution in [2.75, 3.05) is 5.73 Å². The molecule has 10 heteroatoms. The number of aromatic nitrogens is 6. The van der Waals surface area contributed by atoms with Gasteiger partial charge in [-0.3, -0.25) is 10.1 Å². The van der Waals surface area contributed by atoms with Crippen molar-refractivity contribution < 1.29 is 4.92 Å². The maximum absolute atomic E-state index is 10.8. The Morgan fingerprint density at radius 2 is 2.13 bits per heavy atom. The Morgan fingerprint density at radius 3 is 2.96 bits per heavy atom. The predicted molar refractivity (Wildman–Crippen MR) is 81.7 cm³/mol. The van der Waals surface area contributed by atoms with E-state index in [0.29, 0.717) is 40.3 Å². The Hall–Kier alpha value is -3.56. The van der Waals surface area contributed by atoms with Crippen LogP contribution in [0.25, 0.3) is 22.2 Å². The summed E-state index contributed by atoms with van der Waals surface area (Å²) in [7, 11) is 0.